The molecule has 0 aliphatic rings. The fourth-order valence-corrected chi connectivity index (χ4v) is 4.05. The summed E-state index contributed by atoms with van der Waals surface area (Å²) in [5, 5.41) is 37.4. The Balaban J connectivity index is 0.000000642. The summed E-state index contributed by atoms with van der Waals surface area (Å²) in [6.45, 7) is 22.8. The Kier molecular flexibility index (Phi) is 17.1. The number of phenols is 2. The van der Waals surface area contributed by atoms with Gasteiger partial charge < -0.3 is 29.9 Å². The van der Waals surface area contributed by atoms with E-state index < -0.39 is 11.9 Å². The van der Waals surface area contributed by atoms with Crippen molar-refractivity contribution in [1.29, 1.82) is 0 Å². The van der Waals surface area contributed by atoms with E-state index in [9.17, 15) is 19.8 Å². The van der Waals surface area contributed by atoms with Gasteiger partial charge in [0.15, 0.2) is 0 Å². The average Bonchev–Trinajstić information content (AvgIpc) is 2.87. The third kappa shape index (κ3) is 15.2. The summed E-state index contributed by atoms with van der Waals surface area (Å²) in [5.74, 6) is -0.964. The first-order chi connectivity index (χ1) is 19.3. The van der Waals surface area contributed by atoms with Crippen molar-refractivity contribution in [2.75, 3.05) is 26.4 Å². The average molecular weight is 591 g/mol. The fourth-order valence-electron chi connectivity index (χ4n) is 4.05. The largest absolute Gasteiger partial charge is 0.507 e. The van der Waals surface area contributed by atoms with Crippen molar-refractivity contribution < 1.29 is 39.5 Å². The Bertz CT molecular complexity index is 1030. The van der Waals surface area contributed by atoms with Crippen molar-refractivity contribution >= 4 is 11.9 Å². The number of carboxylic acid groups (broad SMARTS) is 2. The molecule has 0 aliphatic carbocycles. The van der Waals surface area contributed by atoms with Crippen LogP contribution in [0.5, 0.6) is 11.5 Å². The monoisotopic (exact) mass is 590 g/mol. The molecule has 0 unspecified atom stereocenters. The van der Waals surface area contributed by atoms with Gasteiger partial charge in [0, 0.05) is 26.1 Å². The van der Waals surface area contributed by atoms with Crippen LogP contribution < -0.4 is 0 Å². The van der Waals surface area contributed by atoms with Crippen LogP contribution >= 0.6 is 0 Å². The molecule has 0 aliphatic heterocycles. The molecule has 42 heavy (non-hydrogen) atoms. The highest BCUT2D eigenvalue weighted by atomic mass is 16.5. The number of hydrogen-bond donors (Lipinski definition) is 4. The molecular weight excluding hydrogens is 536 g/mol. The molecule has 8 heteroatoms. The number of aromatic hydroxyl groups is 2. The van der Waals surface area contributed by atoms with Gasteiger partial charge >= 0.3 is 11.9 Å². The highest BCUT2D eigenvalue weighted by Crippen LogP contribution is 2.35. The first-order valence-electron chi connectivity index (χ1n) is 14.6. The molecule has 2 aromatic carbocycles. The number of carbonyl (C=O) groups is 2. The second-order valence-corrected chi connectivity index (χ2v) is 12.3. The molecule has 0 aromatic heterocycles. The van der Waals surface area contributed by atoms with E-state index in [0.717, 1.165) is 59.8 Å². The lowest BCUT2D eigenvalue weighted by atomic mass is 9.83. The third-order valence-electron chi connectivity index (χ3n) is 6.37. The second kappa shape index (κ2) is 18.4. The number of aliphatic carboxylic acids is 2. The molecular formula is C34H54O8. The van der Waals surface area contributed by atoms with Crippen LogP contribution in [0.3, 0.4) is 0 Å². The number of benzene rings is 2. The lowest BCUT2D eigenvalue weighted by Crippen LogP contribution is -2.12. The SMILES string of the molecule is CCOCCOCC.Cc1cc(CCC(=O)O)cc(C(C)(C)C)c1O.Cc1cc(CCC(=O)O)cc(C(C)(C)C)c1O. The molecule has 2 aromatic rings. The maximum atomic E-state index is 10.6. The molecule has 4 N–H and O–H groups in total. The molecule has 0 atom stereocenters. The number of rotatable bonds is 11. The van der Waals surface area contributed by atoms with Crippen LogP contribution in [0.15, 0.2) is 24.3 Å². The van der Waals surface area contributed by atoms with Gasteiger partial charge in [-0.2, -0.15) is 0 Å². The number of hydrogen-bond acceptors (Lipinski definition) is 6. The smallest absolute Gasteiger partial charge is 0.303 e. The van der Waals surface area contributed by atoms with Gasteiger partial charge in [-0.3, -0.25) is 9.59 Å². The van der Waals surface area contributed by atoms with Crippen LogP contribution in [0.1, 0.15) is 102 Å². The zero-order chi connectivity index (χ0) is 32.7. The summed E-state index contributed by atoms with van der Waals surface area (Å²) in [5.41, 5.74) is 4.99. The zero-order valence-corrected chi connectivity index (χ0v) is 27.4. The molecule has 0 bridgehead atoms. The molecule has 238 valence electrons. The first-order valence-corrected chi connectivity index (χ1v) is 14.6. The van der Waals surface area contributed by atoms with Crippen molar-refractivity contribution in [2.24, 2.45) is 0 Å². The van der Waals surface area contributed by atoms with Crippen molar-refractivity contribution in [2.45, 2.75) is 106 Å². The Morgan fingerprint density at radius 2 is 0.952 bits per heavy atom. The van der Waals surface area contributed by atoms with Gasteiger partial charge in [-0.15, -0.1) is 0 Å². The minimum atomic E-state index is -0.798. The summed E-state index contributed by atoms with van der Waals surface area (Å²) < 4.78 is 10.0. The quantitative estimate of drug-likeness (QED) is 0.204. The Morgan fingerprint density at radius 1 is 0.643 bits per heavy atom. The lowest BCUT2D eigenvalue weighted by molar-refractivity contribution is -0.138. The maximum absolute atomic E-state index is 10.6. The van der Waals surface area contributed by atoms with Crippen LogP contribution in [-0.4, -0.2) is 58.8 Å². The first kappa shape index (κ1) is 38.9. The maximum Gasteiger partial charge on any atom is 0.303 e. The Morgan fingerprint density at radius 3 is 1.19 bits per heavy atom. The standard InChI is InChI=1S/2C14H20O3.C6H14O2/c2*1-9-7-10(5-6-12(15)16)8-11(13(9)17)14(2,3)4;1-3-7-5-6-8-4-2/h2*7-8,17H,5-6H2,1-4H3,(H,15,16);3-6H2,1-2H3. The molecule has 0 heterocycles. The topological polar surface area (TPSA) is 134 Å². The normalized spacial score (nSPS) is 11.2. The highest BCUT2D eigenvalue weighted by Gasteiger charge is 2.21. The summed E-state index contributed by atoms with van der Waals surface area (Å²) in [4.78, 5) is 21.1. The summed E-state index contributed by atoms with van der Waals surface area (Å²) in [6.07, 6.45) is 1.24. The zero-order valence-electron chi connectivity index (χ0n) is 27.4. The van der Waals surface area contributed by atoms with E-state index in [0.29, 0.717) is 24.3 Å². The molecule has 0 radical (unpaired) electrons. The van der Waals surface area contributed by atoms with Crippen molar-refractivity contribution in [1.82, 2.24) is 0 Å². The van der Waals surface area contributed by atoms with Crippen molar-refractivity contribution in [3.63, 3.8) is 0 Å². The van der Waals surface area contributed by atoms with E-state index in [1.807, 2.05) is 93.5 Å². The highest BCUT2D eigenvalue weighted by molar-refractivity contribution is 5.67. The number of phenolic OH excluding ortho intramolecular Hbond substituents is 2. The lowest BCUT2D eigenvalue weighted by Gasteiger charge is -2.22. The van der Waals surface area contributed by atoms with Crippen LogP contribution in [0.2, 0.25) is 0 Å². The van der Waals surface area contributed by atoms with Gasteiger partial charge in [0.25, 0.3) is 0 Å². The van der Waals surface area contributed by atoms with Gasteiger partial charge in [0.05, 0.1) is 13.2 Å². The molecule has 0 saturated carbocycles. The minimum Gasteiger partial charge on any atom is -0.507 e. The second-order valence-electron chi connectivity index (χ2n) is 12.3. The van der Waals surface area contributed by atoms with E-state index in [-0.39, 0.29) is 23.7 Å². The molecule has 0 fully saturated rings. The van der Waals surface area contributed by atoms with Crippen LogP contribution in [0.4, 0.5) is 0 Å². The fraction of sp³-hybridized carbons (Fsp3) is 0.588. The predicted octanol–water partition coefficient (Wildman–Crippen LogP) is 7.09. The van der Waals surface area contributed by atoms with Crippen molar-refractivity contribution in [3.05, 3.63) is 57.6 Å². The van der Waals surface area contributed by atoms with Crippen LogP contribution in [-0.2, 0) is 42.7 Å². The van der Waals surface area contributed by atoms with Crippen molar-refractivity contribution in [3.8, 4) is 11.5 Å². The number of aryl methyl sites for hydroxylation is 4. The van der Waals surface area contributed by atoms with Crippen LogP contribution in [0.25, 0.3) is 0 Å². The van der Waals surface area contributed by atoms with Crippen LogP contribution in [0, 0.1) is 13.8 Å². The van der Waals surface area contributed by atoms with E-state index in [4.69, 9.17) is 19.7 Å². The molecule has 8 nitrogen and oxygen atoms in total. The van der Waals surface area contributed by atoms with Gasteiger partial charge in [-0.05, 0) is 84.7 Å². The van der Waals surface area contributed by atoms with E-state index in [1.54, 1.807) is 0 Å². The summed E-state index contributed by atoms with van der Waals surface area (Å²) in [7, 11) is 0. The molecule has 0 spiro atoms. The molecule has 0 saturated heterocycles. The number of carboxylic acids is 2. The van der Waals surface area contributed by atoms with Gasteiger partial charge in [-0.1, -0.05) is 65.8 Å². The third-order valence-corrected chi connectivity index (χ3v) is 6.37. The molecule has 0 amide bonds. The summed E-state index contributed by atoms with van der Waals surface area (Å²) >= 11 is 0. The predicted molar refractivity (Wildman–Crippen MR) is 168 cm³/mol. The Labute approximate surface area is 252 Å². The number of ether oxygens (including phenoxy) is 2. The Hall–Kier alpha value is -3.10. The van der Waals surface area contributed by atoms with Gasteiger partial charge in [0.1, 0.15) is 11.5 Å². The van der Waals surface area contributed by atoms with E-state index >= 15 is 0 Å². The molecule has 2 rings (SSSR count). The van der Waals surface area contributed by atoms with E-state index in [1.165, 1.54) is 0 Å². The summed E-state index contributed by atoms with van der Waals surface area (Å²) in [6, 6.07) is 7.53. The minimum absolute atomic E-state index is 0.119. The van der Waals surface area contributed by atoms with E-state index in [2.05, 4.69) is 0 Å². The van der Waals surface area contributed by atoms with Gasteiger partial charge in [0.2, 0.25) is 0 Å². The van der Waals surface area contributed by atoms with Gasteiger partial charge in [-0.25, -0.2) is 0 Å².